The normalized spacial score (nSPS) is 10.0. The van der Waals surface area contributed by atoms with Gasteiger partial charge in [0.1, 0.15) is 11.5 Å². The average molecular weight is 202 g/mol. The van der Waals surface area contributed by atoms with Crippen LogP contribution < -0.4 is 5.32 Å². The minimum absolute atomic E-state index is 0.0518. The molecule has 0 spiro atoms. The van der Waals surface area contributed by atoms with Gasteiger partial charge in [0.2, 0.25) is 5.91 Å². The Kier molecular flexibility index (Phi) is 3.83. The van der Waals surface area contributed by atoms with Crippen LogP contribution in [0.1, 0.15) is 17.9 Å². The number of nitrogens with one attached hydrogen (secondary N) is 1. The van der Waals surface area contributed by atoms with Gasteiger partial charge in [0.05, 0.1) is 6.54 Å². The fourth-order valence-corrected chi connectivity index (χ4v) is 1.11. The second-order valence-corrected chi connectivity index (χ2v) is 3.11. The molecule has 0 unspecified atom stereocenters. The zero-order valence-corrected chi connectivity index (χ0v) is 8.23. The summed E-state index contributed by atoms with van der Waals surface area (Å²) in [5, 5.41) is 2.70. The van der Waals surface area contributed by atoms with Crippen molar-refractivity contribution in [2.24, 2.45) is 0 Å². The first-order valence-corrected chi connectivity index (χ1v) is 4.64. The van der Waals surface area contributed by atoms with Crippen LogP contribution in [0.2, 0.25) is 0 Å². The van der Waals surface area contributed by atoms with Crippen molar-refractivity contribution in [2.45, 2.75) is 19.9 Å². The Balaban J connectivity index is 2.30. The number of furan rings is 1. The van der Waals surface area contributed by atoms with Gasteiger partial charge in [-0.3, -0.25) is 4.79 Å². The lowest BCUT2D eigenvalue weighted by Crippen LogP contribution is -2.22. The fraction of sp³-hybridized carbons (Fsp3) is 0.444. The van der Waals surface area contributed by atoms with Crippen LogP contribution in [0.3, 0.4) is 0 Å². The van der Waals surface area contributed by atoms with Gasteiger partial charge in [-0.05, 0) is 19.1 Å². The van der Waals surface area contributed by atoms with E-state index in [0.29, 0.717) is 18.8 Å². The number of hydrogen-bond donors (Lipinski definition) is 1. The zero-order valence-electron chi connectivity index (χ0n) is 7.47. The summed E-state index contributed by atoms with van der Waals surface area (Å²) in [6.45, 7) is 2.30. The minimum atomic E-state index is -0.0518. The molecule has 0 saturated carbocycles. The van der Waals surface area contributed by atoms with Crippen molar-refractivity contribution in [2.75, 3.05) is 5.88 Å². The van der Waals surface area contributed by atoms with Crippen molar-refractivity contribution in [3.05, 3.63) is 23.7 Å². The van der Waals surface area contributed by atoms with Crippen LogP contribution in [-0.4, -0.2) is 11.8 Å². The number of halogens is 1. The number of carbonyl (C=O) groups is 1. The molecule has 0 aliphatic carbocycles. The van der Waals surface area contributed by atoms with E-state index in [1.54, 1.807) is 0 Å². The third-order valence-electron chi connectivity index (χ3n) is 1.58. The zero-order chi connectivity index (χ0) is 9.68. The van der Waals surface area contributed by atoms with E-state index >= 15 is 0 Å². The van der Waals surface area contributed by atoms with Crippen LogP contribution in [0.25, 0.3) is 0 Å². The molecule has 72 valence electrons. The molecule has 1 N–H and O–H groups in total. The van der Waals surface area contributed by atoms with Gasteiger partial charge in [-0.25, -0.2) is 0 Å². The molecular weight excluding hydrogens is 190 g/mol. The Morgan fingerprint density at radius 1 is 1.62 bits per heavy atom. The number of alkyl halides is 1. The lowest BCUT2D eigenvalue weighted by Gasteiger charge is -2.00. The molecule has 0 radical (unpaired) electrons. The van der Waals surface area contributed by atoms with Gasteiger partial charge in [0, 0.05) is 12.3 Å². The summed E-state index contributed by atoms with van der Waals surface area (Å²) in [4.78, 5) is 11.0. The van der Waals surface area contributed by atoms with Crippen molar-refractivity contribution < 1.29 is 9.21 Å². The van der Waals surface area contributed by atoms with Crippen LogP contribution in [0.4, 0.5) is 0 Å². The highest BCUT2D eigenvalue weighted by Crippen LogP contribution is 2.05. The Morgan fingerprint density at radius 2 is 2.38 bits per heavy atom. The van der Waals surface area contributed by atoms with E-state index in [4.69, 9.17) is 16.0 Å². The smallest absolute Gasteiger partial charge is 0.221 e. The maximum Gasteiger partial charge on any atom is 0.221 e. The topological polar surface area (TPSA) is 42.2 Å². The molecule has 0 aliphatic rings. The highest BCUT2D eigenvalue weighted by atomic mass is 35.5. The highest BCUT2D eigenvalue weighted by molar-refractivity contribution is 6.18. The first kappa shape index (κ1) is 10.1. The number of hydrogen-bond acceptors (Lipinski definition) is 2. The number of aryl methyl sites for hydroxylation is 1. The lowest BCUT2D eigenvalue weighted by atomic mass is 10.4. The summed E-state index contributed by atoms with van der Waals surface area (Å²) >= 11 is 5.40. The fourth-order valence-electron chi connectivity index (χ4n) is 0.940. The summed E-state index contributed by atoms with van der Waals surface area (Å²) in [5.41, 5.74) is 0. The van der Waals surface area contributed by atoms with Crippen LogP contribution in [-0.2, 0) is 11.3 Å². The van der Waals surface area contributed by atoms with Crippen molar-refractivity contribution in [1.82, 2.24) is 5.32 Å². The molecule has 13 heavy (non-hydrogen) atoms. The van der Waals surface area contributed by atoms with E-state index in [1.807, 2.05) is 19.1 Å². The maximum atomic E-state index is 11.0. The number of carbonyl (C=O) groups excluding carboxylic acids is 1. The Morgan fingerprint density at radius 3 is 2.92 bits per heavy atom. The molecular formula is C9H12ClNO2. The first-order chi connectivity index (χ1) is 6.22. The molecule has 1 rings (SSSR count). The lowest BCUT2D eigenvalue weighted by molar-refractivity contribution is -0.120. The second-order valence-electron chi connectivity index (χ2n) is 2.73. The molecule has 1 aromatic rings. The van der Waals surface area contributed by atoms with E-state index in [1.165, 1.54) is 0 Å². The van der Waals surface area contributed by atoms with Gasteiger partial charge >= 0.3 is 0 Å². The average Bonchev–Trinajstić information content (AvgIpc) is 2.49. The SMILES string of the molecule is Cc1ccc(CNC(=O)CCCl)o1. The van der Waals surface area contributed by atoms with Gasteiger partial charge < -0.3 is 9.73 Å². The van der Waals surface area contributed by atoms with E-state index < -0.39 is 0 Å². The summed E-state index contributed by atoms with van der Waals surface area (Å²) in [7, 11) is 0. The van der Waals surface area contributed by atoms with Crippen LogP contribution in [0.5, 0.6) is 0 Å². The Hall–Kier alpha value is -0.960. The highest BCUT2D eigenvalue weighted by Gasteiger charge is 2.01. The summed E-state index contributed by atoms with van der Waals surface area (Å²) in [6, 6.07) is 3.71. The molecule has 0 aliphatic heterocycles. The summed E-state index contributed by atoms with van der Waals surface area (Å²) < 4.78 is 5.26. The molecule has 0 fully saturated rings. The van der Waals surface area contributed by atoms with Crippen molar-refractivity contribution >= 4 is 17.5 Å². The van der Waals surface area contributed by atoms with E-state index in [9.17, 15) is 4.79 Å². The van der Waals surface area contributed by atoms with Gasteiger partial charge in [0.15, 0.2) is 0 Å². The van der Waals surface area contributed by atoms with Gasteiger partial charge in [0.25, 0.3) is 0 Å². The van der Waals surface area contributed by atoms with Crippen molar-refractivity contribution in [3.63, 3.8) is 0 Å². The summed E-state index contributed by atoms with van der Waals surface area (Å²) in [6.07, 6.45) is 0.348. The van der Waals surface area contributed by atoms with Crippen LogP contribution >= 0.6 is 11.6 Å². The summed E-state index contributed by atoms with van der Waals surface area (Å²) in [5.74, 6) is 1.91. The number of amides is 1. The minimum Gasteiger partial charge on any atom is -0.465 e. The monoisotopic (exact) mass is 201 g/mol. The van der Waals surface area contributed by atoms with Crippen molar-refractivity contribution in [3.8, 4) is 0 Å². The van der Waals surface area contributed by atoms with E-state index in [2.05, 4.69) is 5.32 Å². The second kappa shape index (κ2) is 4.92. The Labute approximate surface area is 82.1 Å². The third kappa shape index (κ3) is 3.51. The standard InChI is InChI=1S/C9H12ClNO2/c1-7-2-3-8(13-7)6-11-9(12)4-5-10/h2-3H,4-6H2,1H3,(H,11,12). The van der Waals surface area contributed by atoms with Gasteiger partial charge in [-0.2, -0.15) is 0 Å². The van der Waals surface area contributed by atoms with E-state index in [-0.39, 0.29) is 5.91 Å². The first-order valence-electron chi connectivity index (χ1n) is 4.10. The van der Waals surface area contributed by atoms with Crippen LogP contribution in [0, 0.1) is 6.92 Å². The molecule has 0 saturated heterocycles. The largest absolute Gasteiger partial charge is 0.465 e. The maximum absolute atomic E-state index is 11.0. The molecule has 3 nitrogen and oxygen atoms in total. The molecule has 0 bridgehead atoms. The van der Waals surface area contributed by atoms with Gasteiger partial charge in [-0.15, -0.1) is 11.6 Å². The van der Waals surface area contributed by atoms with Crippen LogP contribution in [0.15, 0.2) is 16.5 Å². The molecule has 0 atom stereocenters. The van der Waals surface area contributed by atoms with Crippen molar-refractivity contribution in [1.29, 1.82) is 0 Å². The molecule has 1 amide bonds. The Bertz CT molecular complexity index is 283. The van der Waals surface area contributed by atoms with E-state index in [0.717, 1.165) is 11.5 Å². The predicted octanol–water partition coefficient (Wildman–Crippen LogP) is 1.83. The van der Waals surface area contributed by atoms with Gasteiger partial charge in [-0.1, -0.05) is 0 Å². The molecule has 0 aromatic carbocycles. The quantitative estimate of drug-likeness (QED) is 0.756. The predicted molar refractivity (Wildman–Crippen MR) is 50.6 cm³/mol. The molecule has 1 heterocycles. The molecule has 4 heteroatoms. The third-order valence-corrected chi connectivity index (χ3v) is 1.77. The molecule has 1 aromatic heterocycles. The number of rotatable bonds is 4.